The van der Waals surface area contributed by atoms with E-state index in [4.69, 9.17) is 4.74 Å². The Balaban J connectivity index is 1.75. The second kappa shape index (κ2) is 5.96. The minimum absolute atomic E-state index is 0.505. The molecule has 0 aliphatic carbocycles. The van der Waals surface area contributed by atoms with E-state index in [0.29, 0.717) is 6.04 Å². The van der Waals surface area contributed by atoms with Gasteiger partial charge in [0.2, 0.25) is 0 Å². The van der Waals surface area contributed by atoms with Crippen molar-refractivity contribution in [3.05, 3.63) is 30.3 Å². The van der Waals surface area contributed by atoms with Gasteiger partial charge >= 0.3 is 0 Å². The summed E-state index contributed by atoms with van der Waals surface area (Å²) in [4.78, 5) is 0. The Kier molecular flexibility index (Phi) is 3.87. The first-order valence-corrected chi connectivity index (χ1v) is 7.03. The molecule has 0 spiro atoms. The van der Waals surface area contributed by atoms with E-state index in [-0.39, 0.29) is 0 Å². The molecular formula is C15H20N4O. The topological polar surface area (TPSA) is 62.0 Å². The number of H-pyrrole nitrogens is 1. The number of nitrogens with one attached hydrogen (secondary N) is 3. The Morgan fingerprint density at radius 3 is 2.85 bits per heavy atom. The van der Waals surface area contributed by atoms with Gasteiger partial charge in [-0.1, -0.05) is 12.1 Å². The number of nitrogens with zero attached hydrogens (tertiary/aromatic N) is 1. The van der Waals surface area contributed by atoms with Crippen molar-refractivity contribution in [2.75, 3.05) is 25.5 Å². The first kappa shape index (κ1) is 13.0. The minimum Gasteiger partial charge on any atom is -0.496 e. The third kappa shape index (κ3) is 2.77. The van der Waals surface area contributed by atoms with Crippen molar-refractivity contribution in [1.82, 2.24) is 15.5 Å². The van der Waals surface area contributed by atoms with Gasteiger partial charge in [-0.2, -0.15) is 5.10 Å². The van der Waals surface area contributed by atoms with E-state index in [0.717, 1.165) is 48.8 Å². The van der Waals surface area contributed by atoms with E-state index < -0.39 is 0 Å². The van der Waals surface area contributed by atoms with E-state index in [1.165, 1.54) is 0 Å². The number of piperidine rings is 1. The molecule has 0 unspecified atom stereocenters. The molecule has 3 N–H and O–H groups in total. The molecule has 5 nitrogen and oxygen atoms in total. The molecule has 0 radical (unpaired) electrons. The SMILES string of the molecule is COc1ccccc1-c1cc(NC2CCNCC2)n[nH]1. The number of benzene rings is 1. The van der Waals surface area contributed by atoms with Crippen molar-refractivity contribution in [3.63, 3.8) is 0 Å². The summed E-state index contributed by atoms with van der Waals surface area (Å²) in [5.41, 5.74) is 2.00. The molecule has 1 aromatic heterocycles. The lowest BCUT2D eigenvalue weighted by Gasteiger charge is -2.23. The number of aromatic nitrogens is 2. The van der Waals surface area contributed by atoms with E-state index >= 15 is 0 Å². The van der Waals surface area contributed by atoms with Crippen LogP contribution in [0.2, 0.25) is 0 Å². The lowest BCUT2D eigenvalue weighted by molar-refractivity contribution is 0.416. The Labute approximate surface area is 118 Å². The Hall–Kier alpha value is -2.01. The van der Waals surface area contributed by atoms with E-state index in [1.54, 1.807) is 7.11 Å². The minimum atomic E-state index is 0.505. The van der Waals surface area contributed by atoms with Crippen molar-refractivity contribution < 1.29 is 4.74 Å². The summed E-state index contributed by atoms with van der Waals surface area (Å²) in [5, 5.41) is 14.3. The molecule has 0 saturated carbocycles. The molecule has 1 saturated heterocycles. The van der Waals surface area contributed by atoms with Crippen LogP contribution in [0.1, 0.15) is 12.8 Å². The zero-order valence-corrected chi connectivity index (χ0v) is 11.6. The van der Waals surface area contributed by atoms with Gasteiger partial charge in [-0.05, 0) is 38.1 Å². The van der Waals surface area contributed by atoms with Gasteiger partial charge in [0.15, 0.2) is 0 Å². The highest BCUT2D eigenvalue weighted by Gasteiger charge is 2.14. The van der Waals surface area contributed by atoms with Gasteiger partial charge in [0.25, 0.3) is 0 Å². The number of aromatic amines is 1. The third-order valence-corrected chi connectivity index (χ3v) is 3.67. The standard InChI is InChI=1S/C15H20N4O/c1-20-14-5-3-2-4-12(14)13-10-15(19-18-13)17-11-6-8-16-9-7-11/h2-5,10-11,16H,6-9H2,1H3,(H2,17,18,19). The van der Waals surface area contributed by atoms with E-state index in [1.807, 2.05) is 30.3 Å². The summed E-state index contributed by atoms with van der Waals surface area (Å²) in [5.74, 6) is 1.75. The van der Waals surface area contributed by atoms with Gasteiger partial charge < -0.3 is 15.4 Å². The maximum Gasteiger partial charge on any atom is 0.148 e. The fourth-order valence-corrected chi connectivity index (χ4v) is 2.58. The summed E-state index contributed by atoms with van der Waals surface area (Å²) < 4.78 is 5.38. The zero-order chi connectivity index (χ0) is 13.8. The summed E-state index contributed by atoms with van der Waals surface area (Å²) in [6, 6.07) is 10.5. The normalized spacial score (nSPS) is 16.1. The van der Waals surface area contributed by atoms with Gasteiger partial charge in [-0.15, -0.1) is 0 Å². The summed E-state index contributed by atoms with van der Waals surface area (Å²) >= 11 is 0. The molecule has 106 valence electrons. The average Bonchev–Trinajstić information content (AvgIpc) is 2.96. The maximum atomic E-state index is 5.38. The van der Waals surface area contributed by atoms with Crippen LogP contribution in [0.25, 0.3) is 11.3 Å². The van der Waals surface area contributed by atoms with Crippen LogP contribution in [0.3, 0.4) is 0 Å². The number of anilines is 1. The molecule has 1 aliphatic heterocycles. The van der Waals surface area contributed by atoms with Crippen molar-refractivity contribution >= 4 is 5.82 Å². The Bertz CT molecular complexity index is 561. The van der Waals surface area contributed by atoms with E-state index in [2.05, 4.69) is 20.8 Å². The number of ether oxygens (including phenoxy) is 1. The van der Waals surface area contributed by atoms with Gasteiger partial charge in [-0.25, -0.2) is 0 Å². The fourth-order valence-electron chi connectivity index (χ4n) is 2.58. The Morgan fingerprint density at radius 1 is 1.25 bits per heavy atom. The molecule has 2 heterocycles. The predicted molar refractivity (Wildman–Crippen MR) is 80.1 cm³/mol. The molecule has 5 heteroatoms. The quantitative estimate of drug-likeness (QED) is 0.799. The van der Waals surface area contributed by atoms with Gasteiger partial charge in [-0.3, -0.25) is 5.10 Å². The summed E-state index contributed by atoms with van der Waals surface area (Å²) in [7, 11) is 1.68. The lowest BCUT2D eigenvalue weighted by Crippen LogP contribution is -2.35. The van der Waals surface area contributed by atoms with Crippen LogP contribution in [0, 0.1) is 0 Å². The molecule has 1 aromatic carbocycles. The molecule has 0 amide bonds. The van der Waals surface area contributed by atoms with Crippen LogP contribution >= 0.6 is 0 Å². The maximum absolute atomic E-state index is 5.38. The molecular weight excluding hydrogens is 252 g/mol. The van der Waals surface area contributed by atoms with Crippen molar-refractivity contribution in [2.45, 2.75) is 18.9 Å². The Morgan fingerprint density at radius 2 is 2.05 bits per heavy atom. The molecule has 1 aliphatic rings. The largest absolute Gasteiger partial charge is 0.496 e. The average molecular weight is 272 g/mol. The molecule has 3 rings (SSSR count). The van der Waals surface area contributed by atoms with E-state index in [9.17, 15) is 0 Å². The van der Waals surface area contributed by atoms with Crippen LogP contribution in [-0.2, 0) is 0 Å². The van der Waals surface area contributed by atoms with Crippen molar-refractivity contribution in [3.8, 4) is 17.0 Å². The number of hydrogen-bond donors (Lipinski definition) is 3. The van der Waals surface area contributed by atoms with Crippen LogP contribution in [0.4, 0.5) is 5.82 Å². The van der Waals surface area contributed by atoms with Gasteiger partial charge in [0.1, 0.15) is 11.6 Å². The third-order valence-electron chi connectivity index (χ3n) is 3.67. The highest BCUT2D eigenvalue weighted by atomic mass is 16.5. The van der Waals surface area contributed by atoms with Crippen LogP contribution in [-0.4, -0.2) is 36.4 Å². The molecule has 0 atom stereocenters. The number of para-hydroxylation sites is 1. The lowest BCUT2D eigenvalue weighted by atomic mass is 10.1. The molecule has 0 bridgehead atoms. The smallest absolute Gasteiger partial charge is 0.148 e. The molecule has 20 heavy (non-hydrogen) atoms. The molecule has 1 fully saturated rings. The number of rotatable bonds is 4. The first-order chi connectivity index (χ1) is 9.86. The van der Waals surface area contributed by atoms with Gasteiger partial charge in [0.05, 0.1) is 12.8 Å². The summed E-state index contributed by atoms with van der Waals surface area (Å²) in [6.45, 7) is 2.14. The fraction of sp³-hybridized carbons (Fsp3) is 0.400. The first-order valence-electron chi connectivity index (χ1n) is 7.03. The number of methoxy groups -OCH3 is 1. The van der Waals surface area contributed by atoms with Gasteiger partial charge in [0, 0.05) is 17.7 Å². The monoisotopic (exact) mass is 272 g/mol. The molecule has 2 aromatic rings. The number of hydrogen-bond acceptors (Lipinski definition) is 4. The van der Waals surface area contributed by atoms with Crippen molar-refractivity contribution in [1.29, 1.82) is 0 Å². The highest BCUT2D eigenvalue weighted by molar-refractivity contribution is 5.69. The second-order valence-electron chi connectivity index (χ2n) is 5.04. The van der Waals surface area contributed by atoms with Crippen LogP contribution < -0.4 is 15.4 Å². The van der Waals surface area contributed by atoms with Crippen LogP contribution in [0.5, 0.6) is 5.75 Å². The van der Waals surface area contributed by atoms with Crippen molar-refractivity contribution in [2.24, 2.45) is 0 Å². The summed E-state index contributed by atoms with van der Waals surface area (Å²) in [6.07, 6.45) is 2.27. The zero-order valence-electron chi connectivity index (χ0n) is 11.6. The predicted octanol–water partition coefficient (Wildman–Crippen LogP) is 2.25. The second-order valence-corrected chi connectivity index (χ2v) is 5.04. The van der Waals surface area contributed by atoms with Crippen LogP contribution in [0.15, 0.2) is 30.3 Å². The highest BCUT2D eigenvalue weighted by Crippen LogP contribution is 2.29.